The second-order valence-electron chi connectivity index (χ2n) is 6.58. The minimum atomic E-state index is -3.18. The summed E-state index contributed by atoms with van der Waals surface area (Å²) in [6.45, 7) is 6.27. The van der Waals surface area contributed by atoms with Crippen LogP contribution in [0.5, 0.6) is 5.75 Å². The fourth-order valence-electron chi connectivity index (χ4n) is 3.51. The summed E-state index contributed by atoms with van der Waals surface area (Å²) in [5, 5.41) is 0. The third-order valence-electron chi connectivity index (χ3n) is 4.81. The topological polar surface area (TPSA) is 49.9 Å². The molecule has 1 aromatic rings. The van der Waals surface area contributed by atoms with Gasteiger partial charge in [-0.15, -0.1) is 0 Å². The molecule has 0 amide bonds. The lowest BCUT2D eigenvalue weighted by molar-refractivity contribution is 0.207. The number of benzene rings is 1. The average Bonchev–Trinajstić information content (AvgIpc) is 3.18. The van der Waals surface area contributed by atoms with Crippen molar-refractivity contribution in [3.8, 4) is 5.75 Å². The largest absolute Gasteiger partial charge is 0.492 e. The van der Waals surface area contributed by atoms with Crippen LogP contribution in [0, 0.1) is 0 Å². The quantitative estimate of drug-likeness (QED) is 0.789. The molecule has 0 spiro atoms. The summed E-state index contributed by atoms with van der Waals surface area (Å²) < 4.78 is 28.9. The number of hydrogen-bond donors (Lipinski definition) is 0. The van der Waals surface area contributed by atoms with Gasteiger partial charge in [0.25, 0.3) is 0 Å². The van der Waals surface area contributed by atoms with E-state index < -0.39 is 9.84 Å². The monoisotopic (exact) mass is 338 g/mol. The maximum absolute atomic E-state index is 11.6. The Morgan fingerprint density at radius 3 is 2.74 bits per heavy atom. The van der Waals surface area contributed by atoms with Crippen LogP contribution < -0.4 is 4.74 Å². The molecule has 5 nitrogen and oxygen atoms in total. The van der Waals surface area contributed by atoms with Gasteiger partial charge in [0.2, 0.25) is 0 Å². The van der Waals surface area contributed by atoms with Gasteiger partial charge in [-0.1, -0.05) is 6.07 Å². The Morgan fingerprint density at radius 1 is 1.22 bits per heavy atom. The Kier molecular flexibility index (Phi) is 5.24. The first-order valence-corrected chi connectivity index (χ1v) is 10.3. The molecule has 0 aliphatic carbocycles. The van der Waals surface area contributed by atoms with E-state index in [2.05, 4.69) is 9.80 Å². The SMILES string of the molecule is CS(=O)(=O)c1cccc(OCCN2CC[C@H](N3CCCC3)C2)c1. The molecule has 0 N–H and O–H groups in total. The van der Waals surface area contributed by atoms with Crippen LogP contribution in [0.3, 0.4) is 0 Å². The lowest BCUT2D eigenvalue weighted by atomic mass is 10.2. The van der Waals surface area contributed by atoms with E-state index in [4.69, 9.17) is 4.74 Å². The summed E-state index contributed by atoms with van der Waals surface area (Å²) in [5.74, 6) is 0.628. The minimum Gasteiger partial charge on any atom is -0.492 e. The van der Waals surface area contributed by atoms with E-state index in [1.54, 1.807) is 18.2 Å². The standard InChI is InChI=1S/C17H26N2O3S/c1-23(20,21)17-6-4-5-16(13-17)22-12-11-18-10-7-15(14-18)19-8-2-3-9-19/h4-6,13,15H,2-3,7-12,14H2,1H3/t15-/m0/s1. The summed E-state index contributed by atoms with van der Waals surface area (Å²) in [4.78, 5) is 5.38. The number of rotatable bonds is 6. The maximum atomic E-state index is 11.6. The van der Waals surface area contributed by atoms with Gasteiger partial charge in [0.15, 0.2) is 9.84 Å². The zero-order valence-corrected chi connectivity index (χ0v) is 14.6. The van der Waals surface area contributed by atoms with E-state index in [0.29, 0.717) is 23.3 Å². The summed E-state index contributed by atoms with van der Waals surface area (Å²) in [5.41, 5.74) is 0. The first-order chi connectivity index (χ1) is 11.0. The van der Waals surface area contributed by atoms with Gasteiger partial charge in [-0.25, -0.2) is 8.42 Å². The molecule has 3 rings (SSSR count). The molecule has 0 aromatic heterocycles. The van der Waals surface area contributed by atoms with Crippen molar-refractivity contribution in [3.63, 3.8) is 0 Å². The van der Waals surface area contributed by atoms with E-state index in [1.165, 1.54) is 38.6 Å². The fraction of sp³-hybridized carbons (Fsp3) is 0.647. The third-order valence-corrected chi connectivity index (χ3v) is 5.92. The van der Waals surface area contributed by atoms with Crippen LogP contribution in [0.4, 0.5) is 0 Å². The minimum absolute atomic E-state index is 0.310. The summed E-state index contributed by atoms with van der Waals surface area (Å²) in [7, 11) is -3.18. The van der Waals surface area contributed by atoms with Crippen LogP contribution in [0.25, 0.3) is 0 Å². The van der Waals surface area contributed by atoms with Crippen LogP contribution in [0.1, 0.15) is 19.3 Å². The van der Waals surface area contributed by atoms with E-state index in [0.717, 1.165) is 19.6 Å². The van der Waals surface area contributed by atoms with Crippen molar-refractivity contribution in [2.45, 2.75) is 30.2 Å². The van der Waals surface area contributed by atoms with Gasteiger partial charge in [-0.05, 0) is 57.1 Å². The molecule has 6 heteroatoms. The van der Waals surface area contributed by atoms with Gasteiger partial charge in [-0.3, -0.25) is 9.80 Å². The molecule has 0 bridgehead atoms. The molecular weight excluding hydrogens is 312 g/mol. The number of likely N-dealkylation sites (tertiary alicyclic amines) is 2. The second-order valence-corrected chi connectivity index (χ2v) is 8.60. The molecule has 2 aliphatic heterocycles. The number of sulfone groups is 1. The highest BCUT2D eigenvalue weighted by atomic mass is 32.2. The molecule has 23 heavy (non-hydrogen) atoms. The summed E-state index contributed by atoms with van der Waals surface area (Å²) in [6.07, 6.45) is 5.16. The van der Waals surface area contributed by atoms with Gasteiger partial charge in [0, 0.05) is 25.4 Å². The maximum Gasteiger partial charge on any atom is 0.175 e. The molecule has 1 atom stereocenters. The normalized spacial score (nSPS) is 23.4. The molecule has 0 saturated carbocycles. The highest BCUT2D eigenvalue weighted by Crippen LogP contribution is 2.21. The molecule has 2 aliphatic rings. The van der Waals surface area contributed by atoms with Crippen molar-refractivity contribution in [1.82, 2.24) is 9.80 Å². The Hall–Kier alpha value is -1.11. The van der Waals surface area contributed by atoms with E-state index in [9.17, 15) is 8.42 Å². The molecule has 0 unspecified atom stereocenters. The van der Waals surface area contributed by atoms with Crippen molar-refractivity contribution in [1.29, 1.82) is 0 Å². The fourth-order valence-corrected chi connectivity index (χ4v) is 4.16. The predicted octanol–water partition coefficient (Wildman–Crippen LogP) is 1.64. The Morgan fingerprint density at radius 2 is 2.00 bits per heavy atom. The van der Waals surface area contributed by atoms with Gasteiger partial charge in [0.05, 0.1) is 4.90 Å². The van der Waals surface area contributed by atoms with E-state index >= 15 is 0 Å². The van der Waals surface area contributed by atoms with Gasteiger partial charge in [-0.2, -0.15) is 0 Å². The number of hydrogen-bond acceptors (Lipinski definition) is 5. The molecule has 2 fully saturated rings. The lowest BCUT2D eigenvalue weighted by Gasteiger charge is -2.23. The highest BCUT2D eigenvalue weighted by Gasteiger charge is 2.28. The zero-order valence-electron chi connectivity index (χ0n) is 13.8. The van der Waals surface area contributed by atoms with Gasteiger partial charge in [0.1, 0.15) is 12.4 Å². The molecule has 2 heterocycles. The van der Waals surface area contributed by atoms with Crippen LogP contribution in [-0.2, 0) is 9.84 Å². The van der Waals surface area contributed by atoms with Crippen molar-refractivity contribution >= 4 is 9.84 Å². The second kappa shape index (κ2) is 7.20. The third kappa shape index (κ3) is 4.46. The van der Waals surface area contributed by atoms with Crippen molar-refractivity contribution in [2.24, 2.45) is 0 Å². The van der Waals surface area contributed by atoms with Gasteiger partial charge < -0.3 is 4.74 Å². The zero-order chi connectivity index (χ0) is 16.3. The van der Waals surface area contributed by atoms with Crippen LogP contribution in [-0.4, -0.2) is 69.8 Å². The highest BCUT2D eigenvalue weighted by molar-refractivity contribution is 7.90. The van der Waals surface area contributed by atoms with Gasteiger partial charge >= 0.3 is 0 Å². The smallest absolute Gasteiger partial charge is 0.175 e. The molecule has 1 aromatic carbocycles. The Bertz CT molecular complexity index is 626. The van der Waals surface area contributed by atoms with Crippen LogP contribution >= 0.6 is 0 Å². The van der Waals surface area contributed by atoms with E-state index in [-0.39, 0.29) is 0 Å². The number of nitrogens with zero attached hydrogens (tertiary/aromatic N) is 2. The van der Waals surface area contributed by atoms with E-state index in [1.807, 2.05) is 6.07 Å². The average molecular weight is 338 g/mol. The Balaban J connectivity index is 1.45. The molecule has 0 radical (unpaired) electrons. The molecule has 2 saturated heterocycles. The number of ether oxygens (including phenoxy) is 1. The summed E-state index contributed by atoms with van der Waals surface area (Å²) >= 11 is 0. The Labute approximate surface area is 139 Å². The van der Waals surface area contributed by atoms with Crippen molar-refractivity contribution in [3.05, 3.63) is 24.3 Å². The van der Waals surface area contributed by atoms with Crippen LogP contribution in [0.15, 0.2) is 29.2 Å². The summed E-state index contributed by atoms with van der Waals surface area (Å²) in [6, 6.07) is 7.46. The molecular formula is C17H26N2O3S. The molecule has 128 valence electrons. The lowest BCUT2D eigenvalue weighted by Crippen LogP contribution is -2.36. The van der Waals surface area contributed by atoms with Crippen molar-refractivity contribution < 1.29 is 13.2 Å². The first kappa shape index (κ1) is 16.7. The first-order valence-electron chi connectivity index (χ1n) is 8.42. The van der Waals surface area contributed by atoms with Crippen molar-refractivity contribution in [2.75, 3.05) is 45.6 Å². The predicted molar refractivity (Wildman–Crippen MR) is 90.7 cm³/mol. The van der Waals surface area contributed by atoms with Crippen LogP contribution in [0.2, 0.25) is 0 Å².